The molecule has 1 N–H and O–H groups in total. The molecule has 25 heavy (non-hydrogen) atoms. The first-order valence-corrected chi connectivity index (χ1v) is 9.01. The average Bonchev–Trinajstić information content (AvgIpc) is 2.65. The smallest absolute Gasteiger partial charge is 0.270 e. The van der Waals surface area contributed by atoms with E-state index in [9.17, 15) is 9.59 Å². The fourth-order valence-corrected chi connectivity index (χ4v) is 3.27. The third-order valence-corrected chi connectivity index (χ3v) is 4.80. The SMILES string of the molecule is CCN(CC1CCOCC1)C(=O)CCc1nc2ccccc2[nH]c1=O. The number of carbonyl (C=O) groups is 1. The fraction of sp³-hybridized carbons (Fsp3) is 0.526. The lowest BCUT2D eigenvalue weighted by molar-refractivity contribution is -0.132. The van der Waals surface area contributed by atoms with Crippen LogP contribution in [0.25, 0.3) is 11.0 Å². The highest BCUT2D eigenvalue weighted by molar-refractivity contribution is 5.77. The third-order valence-electron chi connectivity index (χ3n) is 4.80. The highest BCUT2D eigenvalue weighted by Gasteiger charge is 2.20. The number of hydrogen-bond acceptors (Lipinski definition) is 4. The molecule has 134 valence electrons. The number of carbonyl (C=O) groups excluding carboxylic acids is 1. The van der Waals surface area contributed by atoms with Crippen molar-refractivity contribution in [2.45, 2.75) is 32.6 Å². The monoisotopic (exact) mass is 343 g/mol. The summed E-state index contributed by atoms with van der Waals surface area (Å²) < 4.78 is 5.38. The molecule has 1 aromatic carbocycles. The zero-order valence-corrected chi connectivity index (χ0v) is 14.7. The van der Waals surface area contributed by atoms with Gasteiger partial charge in [0.25, 0.3) is 5.56 Å². The zero-order valence-electron chi connectivity index (χ0n) is 14.7. The molecule has 0 saturated carbocycles. The first-order chi connectivity index (χ1) is 12.2. The number of aryl methyl sites for hydroxylation is 1. The molecule has 3 rings (SSSR count). The average molecular weight is 343 g/mol. The molecule has 1 amide bonds. The van der Waals surface area contributed by atoms with Gasteiger partial charge >= 0.3 is 0 Å². The van der Waals surface area contributed by atoms with E-state index in [1.54, 1.807) is 0 Å². The van der Waals surface area contributed by atoms with Crippen molar-refractivity contribution in [3.05, 3.63) is 40.3 Å². The molecule has 0 bridgehead atoms. The number of fused-ring (bicyclic) bond motifs is 1. The van der Waals surface area contributed by atoms with Gasteiger partial charge in [-0.3, -0.25) is 9.59 Å². The van der Waals surface area contributed by atoms with E-state index in [0.29, 0.717) is 31.0 Å². The predicted octanol–water partition coefficient (Wildman–Crippen LogP) is 2.13. The summed E-state index contributed by atoms with van der Waals surface area (Å²) in [6, 6.07) is 7.43. The predicted molar refractivity (Wildman–Crippen MR) is 96.5 cm³/mol. The van der Waals surface area contributed by atoms with Crippen LogP contribution in [0.2, 0.25) is 0 Å². The molecule has 1 aliphatic rings. The van der Waals surface area contributed by atoms with E-state index in [0.717, 1.165) is 43.6 Å². The van der Waals surface area contributed by atoms with E-state index in [4.69, 9.17) is 4.74 Å². The largest absolute Gasteiger partial charge is 0.381 e. The van der Waals surface area contributed by atoms with Crippen molar-refractivity contribution in [2.75, 3.05) is 26.3 Å². The number of H-pyrrole nitrogens is 1. The molecule has 0 aliphatic carbocycles. The number of amides is 1. The molecule has 1 saturated heterocycles. The van der Waals surface area contributed by atoms with Crippen LogP contribution < -0.4 is 5.56 Å². The summed E-state index contributed by atoms with van der Waals surface area (Å²) in [7, 11) is 0. The van der Waals surface area contributed by atoms with Crippen LogP contribution in [0.1, 0.15) is 31.9 Å². The molecule has 1 aromatic heterocycles. The van der Waals surface area contributed by atoms with E-state index in [1.165, 1.54) is 0 Å². The van der Waals surface area contributed by atoms with Gasteiger partial charge in [0, 0.05) is 39.1 Å². The Bertz CT molecular complexity index is 781. The summed E-state index contributed by atoms with van der Waals surface area (Å²) in [5, 5.41) is 0. The molecular weight excluding hydrogens is 318 g/mol. The summed E-state index contributed by atoms with van der Waals surface area (Å²) >= 11 is 0. The van der Waals surface area contributed by atoms with E-state index in [1.807, 2.05) is 36.1 Å². The van der Waals surface area contributed by atoms with E-state index >= 15 is 0 Å². The maximum absolute atomic E-state index is 12.6. The van der Waals surface area contributed by atoms with Crippen LogP contribution in [-0.2, 0) is 16.0 Å². The molecule has 2 heterocycles. The van der Waals surface area contributed by atoms with Crippen LogP contribution in [0.15, 0.2) is 29.1 Å². The molecule has 0 unspecified atom stereocenters. The van der Waals surface area contributed by atoms with Crippen LogP contribution in [0.5, 0.6) is 0 Å². The van der Waals surface area contributed by atoms with Crippen LogP contribution in [0, 0.1) is 5.92 Å². The van der Waals surface area contributed by atoms with Gasteiger partial charge < -0.3 is 14.6 Å². The maximum Gasteiger partial charge on any atom is 0.270 e. The highest BCUT2D eigenvalue weighted by Crippen LogP contribution is 2.17. The van der Waals surface area contributed by atoms with Crippen LogP contribution >= 0.6 is 0 Å². The number of aromatic nitrogens is 2. The molecule has 1 fully saturated rings. The maximum atomic E-state index is 12.6. The summed E-state index contributed by atoms with van der Waals surface area (Å²) in [6.45, 7) is 5.04. The first kappa shape index (κ1) is 17.6. The van der Waals surface area contributed by atoms with Crippen molar-refractivity contribution >= 4 is 16.9 Å². The summed E-state index contributed by atoms with van der Waals surface area (Å²) in [5.41, 5.74) is 1.68. The van der Waals surface area contributed by atoms with E-state index < -0.39 is 0 Å². The van der Waals surface area contributed by atoms with Crippen LogP contribution in [0.4, 0.5) is 0 Å². The minimum absolute atomic E-state index is 0.0864. The molecule has 0 atom stereocenters. The van der Waals surface area contributed by atoms with Crippen molar-refractivity contribution in [1.29, 1.82) is 0 Å². The van der Waals surface area contributed by atoms with Crippen LogP contribution in [0.3, 0.4) is 0 Å². The van der Waals surface area contributed by atoms with Gasteiger partial charge in [0.05, 0.1) is 11.0 Å². The van der Waals surface area contributed by atoms with Crippen molar-refractivity contribution in [3.8, 4) is 0 Å². The van der Waals surface area contributed by atoms with Gasteiger partial charge in [-0.15, -0.1) is 0 Å². The Morgan fingerprint density at radius 2 is 2.08 bits per heavy atom. The third kappa shape index (κ3) is 4.45. The van der Waals surface area contributed by atoms with E-state index in [-0.39, 0.29) is 11.5 Å². The van der Waals surface area contributed by atoms with Gasteiger partial charge in [0.15, 0.2) is 0 Å². The number of nitrogens with zero attached hydrogens (tertiary/aromatic N) is 2. The number of ether oxygens (including phenoxy) is 1. The molecule has 0 spiro atoms. The Morgan fingerprint density at radius 3 is 2.84 bits per heavy atom. The second-order valence-electron chi connectivity index (χ2n) is 6.52. The van der Waals surface area contributed by atoms with Gasteiger partial charge in [-0.2, -0.15) is 0 Å². The number of hydrogen-bond donors (Lipinski definition) is 1. The first-order valence-electron chi connectivity index (χ1n) is 9.01. The van der Waals surface area contributed by atoms with Crippen molar-refractivity contribution in [3.63, 3.8) is 0 Å². The highest BCUT2D eigenvalue weighted by atomic mass is 16.5. The Labute approximate surface area is 147 Å². The minimum Gasteiger partial charge on any atom is -0.381 e. The molecule has 6 heteroatoms. The van der Waals surface area contributed by atoms with Crippen molar-refractivity contribution in [2.24, 2.45) is 5.92 Å². The van der Waals surface area contributed by atoms with Gasteiger partial charge in [-0.05, 0) is 37.8 Å². The minimum atomic E-state index is -0.209. The Balaban J connectivity index is 1.62. The zero-order chi connectivity index (χ0) is 17.6. The molecule has 2 aromatic rings. The lowest BCUT2D eigenvalue weighted by Crippen LogP contribution is -2.37. The second-order valence-corrected chi connectivity index (χ2v) is 6.52. The standard InChI is InChI=1S/C19H25N3O3/c1-2-22(13-14-9-11-25-12-10-14)18(23)8-7-17-19(24)21-16-6-4-3-5-15(16)20-17/h3-6,14H,2,7-13H2,1H3,(H,21,24). The summed E-state index contributed by atoms with van der Waals surface area (Å²) in [5.74, 6) is 0.600. The van der Waals surface area contributed by atoms with Crippen LogP contribution in [-0.4, -0.2) is 47.1 Å². The lowest BCUT2D eigenvalue weighted by Gasteiger charge is -2.29. The second kappa shape index (κ2) is 8.25. The normalized spacial score (nSPS) is 15.4. The summed E-state index contributed by atoms with van der Waals surface area (Å²) in [4.78, 5) is 33.8. The van der Waals surface area contributed by atoms with Gasteiger partial charge in [-0.1, -0.05) is 12.1 Å². The summed E-state index contributed by atoms with van der Waals surface area (Å²) in [6.07, 6.45) is 2.69. The number of rotatable bonds is 6. The Morgan fingerprint density at radius 1 is 1.32 bits per heavy atom. The number of benzene rings is 1. The molecule has 6 nitrogen and oxygen atoms in total. The van der Waals surface area contributed by atoms with Gasteiger partial charge in [0.1, 0.15) is 5.69 Å². The van der Waals surface area contributed by atoms with Gasteiger partial charge in [-0.25, -0.2) is 4.98 Å². The van der Waals surface area contributed by atoms with E-state index in [2.05, 4.69) is 9.97 Å². The fourth-order valence-electron chi connectivity index (χ4n) is 3.27. The van der Waals surface area contributed by atoms with Crippen molar-refractivity contribution in [1.82, 2.24) is 14.9 Å². The Hall–Kier alpha value is -2.21. The number of nitrogens with one attached hydrogen (secondary N) is 1. The Kier molecular flexibility index (Phi) is 5.81. The molecule has 0 radical (unpaired) electrons. The quantitative estimate of drug-likeness (QED) is 0.872. The van der Waals surface area contributed by atoms with Crippen molar-refractivity contribution < 1.29 is 9.53 Å². The lowest BCUT2D eigenvalue weighted by atomic mass is 9.99. The number of aromatic amines is 1. The molecule has 1 aliphatic heterocycles. The number of para-hydroxylation sites is 2. The molecular formula is C19H25N3O3. The topological polar surface area (TPSA) is 75.3 Å². The van der Waals surface area contributed by atoms with Gasteiger partial charge in [0.2, 0.25) is 5.91 Å².